The lowest BCUT2D eigenvalue weighted by Gasteiger charge is -2.33. The van der Waals surface area contributed by atoms with Gasteiger partial charge in [0, 0.05) is 39.8 Å². The number of nitrogens with one attached hydrogen (secondary N) is 1. The molecule has 4 nitrogen and oxygen atoms in total. The second-order valence-corrected chi connectivity index (χ2v) is 15.1. The van der Waals surface area contributed by atoms with Gasteiger partial charge < -0.3 is 15.6 Å². The van der Waals surface area contributed by atoms with Crippen LogP contribution in [0.25, 0.3) is 67.6 Å². The van der Waals surface area contributed by atoms with Gasteiger partial charge in [-0.1, -0.05) is 152 Å². The Bertz CT molecular complexity index is 3010. The van der Waals surface area contributed by atoms with E-state index in [2.05, 4.69) is 203 Å². The van der Waals surface area contributed by atoms with Crippen LogP contribution in [-0.2, 0) is 5.41 Å². The van der Waals surface area contributed by atoms with Crippen LogP contribution in [-0.4, -0.2) is 15.7 Å². The quantitative estimate of drug-likeness (QED) is 0.179. The predicted octanol–water partition coefficient (Wildman–Crippen LogP) is 12.7. The number of nitrogens with zero attached hydrogens (tertiary/aromatic N) is 2. The number of aromatic nitrogens is 2. The summed E-state index contributed by atoms with van der Waals surface area (Å²) in [6, 6.07) is 62.5. The molecular weight excluding hydrogens is 693 g/mol. The standard InChI is InChI=1S/C53H40N4/c1-2-14-43-44-21-13-32-55-52(44)57(51(43)54)40-30-26-36(27-31-40)35-24-28-39(29-25-35)56-49-23-12-10-20-42(49)46-33-48-45(34-50(46)56)41-19-9-11-22-47(41)53(48,37-15-5-3-6-16-37)38-17-7-4-8-18-38/h2-31,33-34,55H,32,54H2,1H3/b14-2-. The third-order valence-electron chi connectivity index (χ3n) is 12.1. The normalized spacial score (nSPS) is 13.8. The van der Waals surface area contributed by atoms with Gasteiger partial charge in [0.05, 0.1) is 16.4 Å². The Kier molecular flexibility index (Phi) is 7.48. The molecule has 0 saturated carbocycles. The van der Waals surface area contributed by atoms with Crippen LogP contribution in [0.5, 0.6) is 0 Å². The number of nitrogens with two attached hydrogens (primary N) is 1. The minimum atomic E-state index is -0.447. The molecule has 3 N–H and O–H groups in total. The topological polar surface area (TPSA) is 47.9 Å². The van der Waals surface area contributed by atoms with Gasteiger partial charge in [-0.3, -0.25) is 4.57 Å². The summed E-state index contributed by atoms with van der Waals surface area (Å²) >= 11 is 0. The molecule has 4 heteroatoms. The maximum Gasteiger partial charge on any atom is 0.120 e. The van der Waals surface area contributed by atoms with Gasteiger partial charge >= 0.3 is 0 Å². The van der Waals surface area contributed by atoms with Crippen molar-refractivity contribution in [2.75, 3.05) is 17.6 Å². The summed E-state index contributed by atoms with van der Waals surface area (Å²) in [5.41, 5.74) is 23.1. The zero-order valence-corrected chi connectivity index (χ0v) is 31.7. The molecule has 11 rings (SSSR count). The zero-order chi connectivity index (χ0) is 38.1. The van der Waals surface area contributed by atoms with Crippen LogP contribution in [0.4, 0.5) is 11.6 Å². The maximum absolute atomic E-state index is 6.75. The van der Waals surface area contributed by atoms with E-state index in [1.165, 1.54) is 55.2 Å². The molecular formula is C53H40N4. The molecule has 9 aromatic rings. The van der Waals surface area contributed by atoms with E-state index in [0.29, 0.717) is 0 Å². The molecule has 0 saturated heterocycles. The van der Waals surface area contributed by atoms with Gasteiger partial charge in [0.2, 0.25) is 0 Å². The van der Waals surface area contributed by atoms with Crippen LogP contribution in [0.3, 0.4) is 0 Å². The summed E-state index contributed by atoms with van der Waals surface area (Å²) in [5.74, 6) is 1.77. The second-order valence-electron chi connectivity index (χ2n) is 15.1. The third-order valence-corrected chi connectivity index (χ3v) is 12.1. The van der Waals surface area contributed by atoms with Gasteiger partial charge in [-0.2, -0.15) is 0 Å². The molecule has 272 valence electrons. The first-order chi connectivity index (χ1) is 28.2. The van der Waals surface area contributed by atoms with Crippen molar-refractivity contribution >= 4 is 45.6 Å². The first kappa shape index (κ1) is 33.1. The molecule has 0 amide bonds. The lowest BCUT2D eigenvalue weighted by Crippen LogP contribution is -2.28. The molecule has 3 heterocycles. The van der Waals surface area contributed by atoms with E-state index >= 15 is 0 Å². The van der Waals surface area contributed by atoms with Crippen molar-refractivity contribution in [2.24, 2.45) is 0 Å². The minimum Gasteiger partial charge on any atom is -0.384 e. The predicted molar refractivity (Wildman–Crippen MR) is 239 cm³/mol. The third kappa shape index (κ3) is 4.80. The number of rotatable bonds is 6. The number of fused-ring (bicyclic) bond motifs is 7. The van der Waals surface area contributed by atoms with Crippen LogP contribution in [0, 0.1) is 0 Å². The molecule has 0 unspecified atom stereocenters. The van der Waals surface area contributed by atoms with E-state index < -0.39 is 5.41 Å². The second kappa shape index (κ2) is 12.9. The van der Waals surface area contributed by atoms with Crippen LogP contribution in [0.15, 0.2) is 182 Å². The molecule has 0 radical (unpaired) electrons. The highest BCUT2D eigenvalue weighted by Crippen LogP contribution is 2.57. The average molecular weight is 733 g/mol. The first-order valence-electron chi connectivity index (χ1n) is 19.7. The molecule has 0 atom stereocenters. The molecule has 0 fully saturated rings. The van der Waals surface area contributed by atoms with E-state index in [-0.39, 0.29) is 0 Å². The molecule has 2 aromatic heterocycles. The highest BCUT2D eigenvalue weighted by atomic mass is 15.2. The fourth-order valence-corrected chi connectivity index (χ4v) is 9.70. The molecule has 0 spiro atoms. The average Bonchev–Trinajstić information content (AvgIpc) is 3.86. The van der Waals surface area contributed by atoms with Crippen molar-refractivity contribution in [3.63, 3.8) is 0 Å². The van der Waals surface area contributed by atoms with Crippen molar-refractivity contribution in [2.45, 2.75) is 12.3 Å². The smallest absolute Gasteiger partial charge is 0.120 e. The van der Waals surface area contributed by atoms with E-state index in [1.807, 2.05) is 13.0 Å². The van der Waals surface area contributed by atoms with Gasteiger partial charge in [0.25, 0.3) is 0 Å². The fraction of sp³-hybridized carbons (Fsp3) is 0.0566. The molecule has 2 aliphatic rings. The van der Waals surface area contributed by atoms with Crippen molar-refractivity contribution in [3.8, 4) is 33.6 Å². The summed E-state index contributed by atoms with van der Waals surface area (Å²) in [4.78, 5) is 0. The van der Waals surface area contributed by atoms with Crippen molar-refractivity contribution in [1.29, 1.82) is 0 Å². The Balaban J connectivity index is 1.04. The number of benzene rings is 7. The summed E-state index contributed by atoms with van der Waals surface area (Å²) < 4.78 is 4.56. The number of hydrogen-bond acceptors (Lipinski definition) is 2. The number of anilines is 2. The van der Waals surface area contributed by atoms with Crippen molar-refractivity contribution < 1.29 is 0 Å². The van der Waals surface area contributed by atoms with Gasteiger partial charge in [-0.15, -0.1) is 0 Å². The molecule has 1 aliphatic heterocycles. The maximum atomic E-state index is 6.75. The largest absolute Gasteiger partial charge is 0.384 e. The Labute approximate surface area is 332 Å². The van der Waals surface area contributed by atoms with Crippen molar-refractivity contribution in [3.05, 3.63) is 215 Å². The molecule has 7 aromatic carbocycles. The summed E-state index contributed by atoms with van der Waals surface area (Å²) in [6.45, 7) is 2.80. The lowest BCUT2D eigenvalue weighted by atomic mass is 9.67. The first-order valence-corrected chi connectivity index (χ1v) is 19.7. The minimum absolute atomic E-state index is 0.447. The molecule has 1 aliphatic carbocycles. The van der Waals surface area contributed by atoms with Crippen molar-refractivity contribution in [1.82, 2.24) is 9.13 Å². The Morgan fingerprint density at radius 3 is 1.88 bits per heavy atom. The van der Waals surface area contributed by atoms with Crippen LogP contribution in [0.2, 0.25) is 0 Å². The number of nitrogen functional groups attached to an aromatic ring is 1. The zero-order valence-electron chi connectivity index (χ0n) is 31.7. The number of hydrogen-bond donors (Lipinski definition) is 2. The summed E-state index contributed by atoms with van der Waals surface area (Å²) in [7, 11) is 0. The monoisotopic (exact) mass is 732 g/mol. The van der Waals surface area contributed by atoms with Gasteiger partial charge in [0.15, 0.2) is 0 Å². The van der Waals surface area contributed by atoms with Crippen LogP contribution < -0.4 is 11.1 Å². The van der Waals surface area contributed by atoms with Gasteiger partial charge in [-0.05, 0) is 93.9 Å². The fourth-order valence-electron chi connectivity index (χ4n) is 9.70. The Morgan fingerprint density at radius 1 is 0.579 bits per heavy atom. The lowest BCUT2D eigenvalue weighted by molar-refractivity contribution is 0.769. The van der Waals surface area contributed by atoms with Crippen LogP contribution in [0.1, 0.15) is 40.3 Å². The van der Waals surface area contributed by atoms with E-state index in [4.69, 9.17) is 5.73 Å². The number of allylic oxidation sites excluding steroid dienone is 1. The van der Waals surface area contributed by atoms with Crippen LogP contribution >= 0.6 is 0 Å². The Hall–Kier alpha value is -7.30. The van der Waals surface area contributed by atoms with E-state index in [9.17, 15) is 0 Å². The van der Waals surface area contributed by atoms with Gasteiger partial charge in [0.1, 0.15) is 11.6 Å². The molecule has 57 heavy (non-hydrogen) atoms. The SMILES string of the molecule is C/C=C\c1c2c(n(-c3ccc(-c4ccc(-n5c6ccccc6c6cc7c(cc65)-c5ccccc5C7(c5ccccc5)c5ccccc5)cc4)cc3)c1N)NCC=C2. The molecule has 0 bridgehead atoms. The van der Waals surface area contributed by atoms with Gasteiger partial charge in [-0.25, -0.2) is 0 Å². The summed E-state index contributed by atoms with van der Waals surface area (Å²) in [5, 5.41) is 6.04. The number of para-hydroxylation sites is 1. The highest BCUT2D eigenvalue weighted by molar-refractivity contribution is 6.12. The summed E-state index contributed by atoms with van der Waals surface area (Å²) in [6.07, 6.45) is 8.43. The Morgan fingerprint density at radius 2 is 1.19 bits per heavy atom. The highest BCUT2D eigenvalue weighted by Gasteiger charge is 2.46. The van der Waals surface area contributed by atoms with E-state index in [1.54, 1.807) is 0 Å². The van der Waals surface area contributed by atoms with E-state index in [0.717, 1.165) is 51.8 Å².